The summed E-state index contributed by atoms with van der Waals surface area (Å²) in [6.45, 7) is 5.98. The molecule has 1 amide bonds. The predicted molar refractivity (Wildman–Crippen MR) is 118 cm³/mol. The van der Waals surface area contributed by atoms with Gasteiger partial charge in [0.2, 0.25) is 5.91 Å². The molecule has 0 aliphatic carbocycles. The zero-order valence-electron chi connectivity index (χ0n) is 18.9. The van der Waals surface area contributed by atoms with E-state index in [9.17, 15) is 23.9 Å². The van der Waals surface area contributed by atoms with E-state index in [1.165, 1.54) is 11.4 Å². The van der Waals surface area contributed by atoms with Gasteiger partial charge in [-0.2, -0.15) is 0 Å². The number of hydrogen-bond donors (Lipinski definition) is 4. The lowest BCUT2D eigenvalue weighted by Crippen LogP contribution is -2.51. The fraction of sp³-hybridized carbons (Fsp3) is 0.905. The lowest BCUT2D eigenvalue weighted by molar-refractivity contribution is -0.143. The van der Waals surface area contributed by atoms with Gasteiger partial charge in [0, 0.05) is 6.54 Å². The minimum atomic E-state index is -4.41. The fourth-order valence-electron chi connectivity index (χ4n) is 4.05. The molecule has 1 heterocycles. The first-order valence-electron chi connectivity index (χ1n) is 11.5. The molecule has 8 nitrogen and oxygen atoms in total. The lowest BCUT2D eigenvalue weighted by Gasteiger charge is -2.30. The number of hydrogen-bond acceptors (Lipinski definition) is 5. The molecular weight excluding hydrogens is 405 g/mol. The molecule has 1 fully saturated rings. The van der Waals surface area contributed by atoms with Gasteiger partial charge in [-0.05, 0) is 31.6 Å². The van der Waals surface area contributed by atoms with Crippen molar-refractivity contribution in [3.63, 3.8) is 0 Å². The Bertz CT molecular complexity index is 581. The monoisotopic (exact) mass is 447 g/mol. The summed E-state index contributed by atoms with van der Waals surface area (Å²) in [6, 6.07) is -0.791. The number of nitrogens with two attached hydrogens (primary N) is 1. The molecule has 176 valence electrons. The van der Waals surface area contributed by atoms with E-state index < -0.39 is 25.3 Å². The van der Waals surface area contributed by atoms with Crippen LogP contribution in [0.3, 0.4) is 0 Å². The molecule has 0 aromatic rings. The average Bonchev–Trinajstić information content (AvgIpc) is 2.67. The molecule has 1 aliphatic heterocycles. The molecule has 1 saturated heterocycles. The van der Waals surface area contributed by atoms with Gasteiger partial charge in [-0.25, -0.2) is 5.84 Å². The minimum Gasteiger partial charge on any atom is -0.323 e. The number of carbonyl (C=O) groups excluding carboxylic acids is 2. The number of nitrogens with zero attached hydrogens (tertiary/aromatic N) is 1. The summed E-state index contributed by atoms with van der Waals surface area (Å²) in [7, 11) is -4.41. The van der Waals surface area contributed by atoms with Crippen LogP contribution in [0.4, 0.5) is 0 Å². The molecule has 1 aliphatic rings. The van der Waals surface area contributed by atoms with Gasteiger partial charge in [0.25, 0.3) is 0 Å². The van der Waals surface area contributed by atoms with Gasteiger partial charge in [-0.15, -0.1) is 0 Å². The minimum absolute atomic E-state index is 0.125. The summed E-state index contributed by atoms with van der Waals surface area (Å²) in [6.07, 6.45) is 9.14. The molecule has 3 unspecified atom stereocenters. The average molecular weight is 448 g/mol. The molecule has 0 bridgehead atoms. The topological polar surface area (TPSA) is 133 Å². The van der Waals surface area contributed by atoms with Gasteiger partial charge >= 0.3 is 7.60 Å². The van der Waals surface area contributed by atoms with Crippen molar-refractivity contribution in [3.05, 3.63) is 0 Å². The fourth-order valence-corrected chi connectivity index (χ4v) is 4.90. The van der Waals surface area contributed by atoms with Crippen molar-refractivity contribution in [1.29, 1.82) is 0 Å². The predicted octanol–water partition coefficient (Wildman–Crippen LogP) is 3.32. The zero-order valence-corrected chi connectivity index (χ0v) is 19.8. The zero-order chi connectivity index (χ0) is 22.7. The highest BCUT2D eigenvalue weighted by Gasteiger charge is 2.37. The number of ketones is 1. The van der Waals surface area contributed by atoms with Crippen LogP contribution in [0.5, 0.6) is 0 Å². The summed E-state index contributed by atoms with van der Waals surface area (Å²) in [5, 5.41) is 4.05. The molecule has 0 radical (unpaired) electrons. The Morgan fingerprint density at radius 1 is 1.13 bits per heavy atom. The Balaban J connectivity index is 3.05. The second kappa shape index (κ2) is 13.6. The first-order chi connectivity index (χ1) is 14.1. The third-order valence-corrected chi connectivity index (χ3v) is 7.13. The van der Waals surface area contributed by atoms with E-state index in [1.54, 1.807) is 6.92 Å². The molecule has 0 spiro atoms. The van der Waals surface area contributed by atoms with E-state index in [4.69, 9.17) is 5.84 Å². The van der Waals surface area contributed by atoms with Crippen LogP contribution >= 0.6 is 7.60 Å². The van der Waals surface area contributed by atoms with Crippen molar-refractivity contribution in [3.8, 4) is 0 Å². The number of nitrogens with one attached hydrogen (secondary N) is 1. The van der Waals surface area contributed by atoms with Gasteiger partial charge < -0.3 is 9.79 Å². The second-order valence-electron chi connectivity index (χ2n) is 8.97. The third kappa shape index (κ3) is 9.56. The summed E-state index contributed by atoms with van der Waals surface area (Å²) in [5.41, 5.74) is 0. The maximum Gasteiger partial charge on any atom is 0.342 e. The van der Waals surface area contributed by atoms with Crippen LogP contribution in [0, 0.1) is 11.8 Å². The normalized spacial score (nSPS) is 22.7. The van der Waals surface area contributed by atoms with Gasteiger partial charge in [0.1, 0.15) is 5.78 Å². The van der Waals surface area contributed by atoms with Crippen LogP contribution in [0.2, 0.25) is 0 Å². The van der Waals surface area contributed by atoms with Gasteiger partial charge in [0.05, 0.1) is 12.0 Å². The number of Topliss-reactive ketones (excluding diaryl/α,β-unsaturated/α-hetero) is 1. The highest BCUT2D eigenvalue weighted by atomic mass is 31.2. The molecule has 0 aromatic carbocycles. The van der Waals surface area contributed by atoms with E-state index >= 15 is 0 Å². The molecule has 5 N–H and O–H groups in total. The van der Waals surface area contributed by atoms with Crippen LogP contribution in [0.1, 0.15) is 91.4 Å². The molecule has 30 heavy (non-hydrogen) atoms. The van der Waals surface area contributed by atoms with E-state index in [1.807, 2.05) is 13.8 Å². The van der Waals surface area contributed by atoms with Crippen molar-refractivity contribution in [1.82, 2.24) is 10.3 Å². The van der Waals surface area contributed by atoms with Crippen LogP contribution in [0.25, 0.3) is 0 Å². The maximum absolute atomic E-state index is 13.4. The highest BCUT2D eigenvalue weighted by Crippen LogP contribution is 2.41. The van der Waals surface area contributed by atoms with E-state index in [0.29, 0.717) is 19.4 Å². The van der Waals surface area contributed by atoms with Gasteiger partial charge in [-0.1, -0.05) is 65.7 Å². The first kappa shape index (κ1) is 27.2. The van der Waals surface area contributed by atoms with E-state index in [-0.39, 0.29) is 24.0 Å². The molecule has 0 aromatic heterocycles. The molecule has 9 heteroatoms. The van der Waals surface area contributed by atoms with Crippen LogP contribution in [0.15, 0.2) is 0 Å². The summed E-state index contributed by atoms with van der Waals surface area (Å²) < 4.78 is 11.8. The Hall–Kier alpha value is -0.790. The van der Waals surface area contributed by atoms with Crippen molar-refractivity contribution in [2.24, 2.45) is 17.7 Å². The summed E-state index contributed by atoms with van der Waals surface area (Å²) in [4.78, 5) is 45.7. The smallest absolute Gasteiger partial charge is 0.323 e. The Morgan fingerprint density at radius 2 is 1.67 bits per heavy atom. The molecule has 3 atom stereocenters. The Labute approximate surface area is 181 Å². The number of hydrazine groups is 1. The Morgan fingerprint density at radius 3 is 2.17 bits per heavy atom. The standard InChI is InChI=1S/C21H42N3O5P/c1-4-19(30(27,28)29)23-18(15-16(2)3)20(25)17-13-11-9-7-5-6-8-10-12-14-24(22)21(17)26/h16-19,23H,4-15,22H2,1-3H3,(H2,27,28,29). The van der Waals surface area contributed by atoms with Crippen molar-refractivity contribution >= 4 is 19.3 Å². The second-order valence-corrected chi connectivity index (χ2v) is 10.8. The van der Waals surface area contributed by atoms with Crippen molar-refractivity contribution in [2.45, 2.75) is 103 Å². The quantitative estimate of drug-likeness (QED) is 0.194. The van der Waals surface area contributed by atoms with Gasteiger partial charge in [-0.3, -0.25) is 24.5 Å². The lowest BCUT2D eigenvalue weighted by atomic mass is 9.87. The molecule has 1 rings (SSSR count). The Kier molecular flexibility index (Phi) is 12.3. The third-order valence-electron chi connectivity index (χ3n) is 5.80. The van der Waals surface area contributed by atoms with Crippen LogP contribution in [-0.2, 0) is 14.2 Å². The molecule has 0 saturated carbocycles. The first-order valence-corrected chi connectivity index (χ1v) is 13.2. The van der Waals surface area contributed by atoms with Crippen molar-refractivity contribution < 1.29 is 23.9 Å². The van der Waals surface area contributed by atoms with E-state index in [2.05, 4.69) is 5.32 Å². The largest absolute Gasteiger partial charge is 0.342 e. The van der Waals surface area contributed by atoms with Crippen LogP contribution < -0.4 is 11.2 Å². The van der Waals surface area contributed by atoms with Gasteiger partial charge in [0.15, 0.2) is 5.78 Å². The summed E-state index contributed by atoms with van der Waals surface area (Å²) in [5.74, 6) is 3.48. The van der Waals surface area contributed by atoms with Crippen LogP contribution in [-0.4, -0.2) is 44.9 Å². The SMILES string of the molecule is CCC(NC(CC(C)C)C(=O)C1CCCCCCCCCCN(N)C1=O)P(=O)(O)O. The summed E-state index contributed by atoms with van der Waals surface area (Å²) >= 11 is 0. The number of rotatable bonds is 8. The number of carbonyl (C=O) groups is 2. The number of amides is 1. The highest BCUT2D eigenvalue weighted by molar-refractivity contribution is 7.52. The maximum atomic E-state index is 13.4. The molecular formula is C21H42N3O5P. The van der Waals surface area contributed by atoms with E-state index in [0.717, 1.165) is 44.9 Å². The van der Waals surface area contributed by atoms with Crippen molar-refractivity contribution in [2.75, 3.05) is 6.54 Å².